The lowest BCUT2D eigenvalue weighted by molar-refractivity contribution is 0.439. The molecule has 98 valence electrons. The third-order valence-electron chi connectivity index (χ3n) is 4.81. The van der Waals surface area contributed by atoms with E-state index in [1.54, 1.807) is 12.1 Å². The summed E-state index contributed by atoms with van der Waals surface area (Å²) in [6.07, 6.45) is 7.27. The molecule has 2 N–H and O–H groups in total. The second-order valence-electron chi connectivity index (χ2n) is 5.99. The third kappa shape index (κ3) is 1.84. The normalized spacial score (nSPS) is 28.9. The lowest BCUT2D eigenvalue weighted by Crippen LogP contribution is -2.26. The minimum atomic E-state index is 0.302. The minimum Gasteiger partial charge on any atom is -0.508 e. The number of phenolic OH excluding ortho intramolecular Hbond substituents is 1. The molecule has 2 aromatic rings. The summed E-state index contributed by atoms with van der Waals surface area (Å²) in [6.45, 7) is 0. The molecule has 0 aliphatic heterocycles. The van der Waals surface area contributed by atoms with Gasteiger partial charge in [0.2, 0.25) is 0 Å². The van der Waals surface area contributed by atoms with Crippen LogP contribution < -0.4 is 5.32 Å². The summed E-state index contributed by atoms with van der Waals surface area (Å²) in [5, 5.41) is 15.4. The molecule has 0 amide bonds. The molecule has 2 aliphatic rings. The van der Waals surface area contributed by atoms with Crippen LogP contribution in [0.4, 0.5) is 5.82 Å². The Hall–Kier alpha value is -1.77. The molecule has 0 saturated heterocycles. The number of benzene rings is 1. The quantitative estimate of drug-likeness (QED) is 0.861. The predicted octanol–water partition coefficient (Wildman–Crippen LogP) is 3.54. The van der Waals surface area contributed by atoms with Gasteiger partial charge in [-0.2, -0.15) is 0 Å². The van der Waals surface area contributed by atoms with Gasteiger partial charge in [0.1, 0.15) is 11.6 Å². The van der Waals surface area contributed by atoms with Gasteiger partial charge in [-0.3, -0.25) is 0 Å². The number of rotatable bonds is 2. The summed E-state index contributed by atoms with van der Waals surface area (Å²) < 4.78 is 0. The van der Waals surface area contributed by atoms with Gasteiger partial charge in [-0.1, -0.05) is 12.5 Å². The first-order valence-corrected chi connectivity index (χ1v) is 7.14. The summed E-state index contributed by atoms with van der Waals surface area (Å²) in [5.41, 5.74) is 0. The highest BCUT2D eigenvalue weighted by Gasteiger charge is 2.39. The number of nitrogens with zero attached hydrogens (tertiary/aromatic N) is 1. The number of nitrogens with one attached hydrogen (secondary N) is 1. The number of phenols is 1. The number of anilines is 1. The topological polar surface area (TPSA) is 45.2 Å². The summed E-state index contributed by atoms with van der Waals surface area (Å²) in [6, 6.07) is 8.03. The average Bonchev–Trinajstić information content (AvgIpc) is 3.02. The van der Waals surface area contributed by atoms with E-state index in [-0.39, 0.29) is 0 Å². The van der Waals surface area contributed by atoms with E-state index >= 15 is 0 Å². The number of fused-ring (bicyclic) bond motifs is 3. The Balaban J connectivity index is 1.69. The molecular weight excluding hydrogens is 236 g/mol. The Morgan fingerprint density at radius 1 is 1.16 bits per heavy atom. The van der Waals surface area contributed by atoms with Crippen LogP contribution >= 0.6 is 0 Å². The Bertz CT molecular complexity index is 625. The van der Waals surface area contributed by atoms with Gasteiger partial charge in [0, 0.05) is 17.6 Å². The zero-order valence-electron chi connectivity index (χ0n) is 10.8. The van der Waals surface area contributed by atoms with Crippen LogP contribution in [0.5, 0.6) is 5.75 Å². The zero-order valence-corrected chi connectivity index (χ0v) is 10.8. The molecule has 1 aromatic heterocycles. The lowest BCUT2D eigenvalue weighted by atomic mass is 9.95. The van der Waals surface area contributed by atoms with Crippen LogP contribution in [-0.2, 0) is 0 Å². The molecule has 0 radical (unpaired) electrons. The fourth-order valence-electron chi connectivity index (χ4n) is 3.87. The van der Waals surface area contributed by atoms with Gasteiger partial charge in [-0.05, 0) is 54.7 Å². The molecule has 3 atom stereocenters. The fourth-order valence-corrected chi connectivity index (χ4v) is 3.87. The molecule has 2 fully saturated rings. The molecule has 0 spiro atoms. The largest absolute Gasteiger partial charge is 0.508 e. The van der Waals surface area contributed by atoms with Gasteiger partial charge in [0.25, 0.3) is 0 Å². The number of aromatic nitrogens is 1. The molecule has 19 heavy (non-hydrogen) atoms. The predicted molar refractivity (Wildman–Crippen MR) is 76.3 cm³/mol. The maximum Gasteiger partial charge on any atom is 0.134 e. The number of hydrogen-bond acceptors (Lipinski definition) is 3. The summed E-state index contributed by atoms with van der Waals surface area (Å²) in [5.74, 6) is 2.97. The SMILES string of the molecule is Oc1ccc2ccnc(NC3CC4CCC3C4)c2c1. The van der Waals surface area contributed by atoms with Gasteiger partial charge < -0.3 is 10.4 Å². The third-order valence-corrected chi connectivity index (χ3v) is 4.81. The Morgan fingerprint density at radius 3 is 2.89 bits per heavy atom. The first-order chi connectivity index (χ1) is 9.29. The second-order valence-corrected chi connectivity index (χ2v) is 5.99. The standard InChI is InChI=1S/C16H18N2O/c19-13-4-3-11-5-6-17-16(14(11)9-13)18-15-8-10-1-2-12(15)7-10/h3-6,9-10,12,15,19H,1-2,7-8H2,(H,17,18). The molecular formula is C16H18N2O. The van der Waals surface area contributed by atoms with Gasteiger partial charge >= 0.3 is 0 Å². The van der Waals surface area contributed by atoms with E-state index in [4.69, 9.17) is 0 Å². The first kappa shape index (κ1) is 11.1. The molecule has 4 rings (SSSR count). The van der Waals surface area contributed by atoms with Crippen LogP contribution in [-0.4, -0.2) is 16.1 Å². The Kier molecular flexibility index (Phi) is 2.40. The summed E-state index contributed by atoms with van der Waals surface area (Å²) >= 11 is 0. The van der Waals surface area contributed by atoms with E-state index in [0.29, 0.717) is 11.8 Å². The van der Waals surface area contributed by atoms with Gasteiger partial charge in [-0.25, -0.2) is 4.98 Å². The molecule has 3 heteroatoms. The zero-order chi connectivity index (χ0) is 12.8. The number of aromatic hydroxyl groups is 1. The van der Waals surface area contributed by atoms with E-state index in [0.717, 1.165) is 28.4 Å². The van der Waals surface area contributed by atoms with Crippen LogP contribution in [0.15, 0.2) is 30.5 Å². The average molecular weight is 254 g/mol. The molecule has 1 heterocycles. The number of hydrogen-bond donors (Lipinski definition) is 2. The van der Waals surface area contributed by atoms with E-state index in [2.05, 4.69) is 10.3 Å². The van der Waals surface area contributed by atoms with Crippen molar-refractivity contribution in [2.75, 3.05) is 5.32 Å². The maximum absolute atomic E-state index is 9.67. The van der Waals surface area contributed by atoms with Crippen molar-refractivity contribution in [1.29, 1.82) is 0 Å². The summed E-state index contributed by atoms with van der Waals surface area (Å²) in [7, 11) is 0. The van der Waals surface area contributed by atoms with Gasteiger partial charge in [0.05, 0.1) is 0 Å². The Morgan fingerprint density at radius 2 is 2.11 bits per heavy atom. The van der Waals surface area contributed by atoms with Gasteiger partial charge in [0.15, 0.2) is 0 Å². The molecule has 3 unspecified atom stereocenters. The lowest BCUT2D eigenvalue weighted by Gasteiger charge is -2.24. The van der Waals surface area contributed by atoms with Gasteiger partial charge in [-0.15, -0.1) is 0 Å². The smallest absolute Gasteiger partial charge is 0.134 e. The van der Waals surface area contributed by atoms with E-state index < -0.39 is 0 Å². The highest BCUT2D eigenvalue weighted by Crippen LogP contribution is 2.45. The highest BCUT2D eigenvalue weighted by atomic mass is 16.3. The molecule has 2 aliphatic carbocycles. The van der Waals surface area contributed by atoms with Crippen molar-refractivity contribution in [2.24, 2.45) is 11.8 Å². The molecule has 2 bridgehead atoms. The Labute approximate surface area is 112 Å². The molecule has 1 aromatic carbocycles. The van der Waals surface area contributed by atoms with Crippen molar-refractivity contribution in [3.05, 3.63) is 30.5 Å². The minimum absolute atomic E-state index is 0.302. The van der Waals surface area contributed by atoms with Crippen LogP contribution in [0, 0.1) is 11.8 Å². The van der Waals surface area contributed by atoms with Crippen LogP contribution in [0.2, 0.25) is 0 Å². The van der Waals surface area contributed by atoms with Crippen molar-refractivity contribution in [2.45, 2.75) is 31.7 Å². The monoisotopic (exact) mass is 254 g/mol. The second kappa shape index (κ2) is 4.12. The van der Waals surface area contributed by atoms with Crippen molar-refractivity contribution in [3.8, 4) is 5.75 Å². The van der Waals surface area contributed by atoms with Crippen LogP contribution in [0.25, 0.3) is 10.8 Å². The van der Waals surface area contributed by atoms with Crippen LogP contribution in [0.3, 0.4) is 0 Å². The van der Waals surface area contributed by atoms with Crippen molar-refractivity contribution in [1.82, 2.24) is 4.98 Å². The van der Waals surface area contributed by atoms with Crippen LogP contribution in [0.1, 0.15) is 25.7 Å². The van der Waals surface area contributed by atoms with Crippen molar-refractivity contribution in [3.63, 3.8) is 0 Å². The van der Waals surface area contributed by atoms with Crippen molar-refractivity contribution < 1.29 is 5.11 Å². The first-order valence-electron chi connectivity index (χ1n) is 7.14. The molecule has 2 saturated carbocycles. The number of pyridine rings is 1. The summed E-state index contributed by atoms with van der Waals surface area (Å²) in [4.78, 5) is 4.47. The molecule has 3 nitrogen and oxygen atoms in total. The fraction of sp³-hybridized carbons (Fsp3) is 0.438. The highest BCUT2D eigenvalue weighted by molar-refractivity contribution is 5.92. The van der Waals surface area contributed by atoms with E-state index in [1.165, 1.54) is 25.7 Å². The van der Waals surface area contributed by atoms with E-state index in [9.17, 15) is 5.11 Å². The maximum atomic E-state index is 9.67. The van der Waals surface area contributed by atoms with Crippen molar-refractivity contribution >= 4 is 16.6 Å². The van der Waals surface area contributed by atoms with E-state index in [1.807, 2.05) is 18.3 Å².